The maximum Gasteiger partial charge on any atom is 0.269 e. The van der Waals surface area contributed by atoms with Crippen LogP contribution in [0, 0.1) is 10.1 Å². The average molecular weight is 557 g/mol. The number of halogens is 3. The van der Waals surface area contributed by atoms with Crippen LogP contribution in [0.2, 0.25) is 5.02 Å². The number of rotatable bonds is 11. The quantitative estimate of drug-likeness (QED) is 0.166. The molecule has 3 rings (SSSR count). The molecule has 0 bridgehead atoms. The highest BCUT2D eigenvalue weighted by Gasteiger charge is 2.12. The van der Waals surface area contributed by atoms with Crippen molar-refractivity contribution < 1.29 is 14.4 Å². The Morgan fingerprint density at radius 3 is 2.36 bits per heavy atom. The first-order valence-electron chi connectivity index (χ1n) is 9.89. The number of non-ortho nitro benzene ring substituents is 1. The van der Waals surface area contributed by atoms with Gasteiger partial charge in [-0.3, -0.25) is 10.1 Å². The van der Waals surface area contributed by atoms with E-state index in [1.54, 1.807) is 19.2 Å². The van der Waals surface area contributed by atoms with Crippen LogP contribution in [0.4, 0.5) is 11.4 Å². The summed E-state index contributed by atoms with van der Waals surface area (Å²) in [6, 6.07) is 17.8. The van der Waals surface area contributed by atoms with Crippen molar-refractivity contribution in [1.82, 2.24) is 5.32 Å². The summed E-state index contributed by atoms with van der Waals surface area (Å²) in [7, 11) is 1.61. The largest absolute Gasteiger partial charge is 0.493 e. The predicted molar refractivity (Wildman–Crippen MR) is 137 cm³/mol. The van der Waals surface area contributed by atoms with Gasteiger partial charge in [0.2, 0.25) is 0 Å². The monoisotopic (exact) mass is 555 g/mol. The van der Waals surface area contributed by atoms with Gasteiger partial charge in [-0.2, -0.15) is 0 Å². The summed E-state index contributed by atoms with van der Waals surface area (Å²) in [5.74, 6) is 1.29. The number of nitro benzene ring substituents is 1. The Labute approximate surface area is 212 Å². The summed E-state index contributed by atoms with van der Waals surface area (Å²) in [5.41, 5.74) is 2.97. The van der Waals surface area contributed by atoms with Crippen molar-refractivity contribution in [2.24, 2.45) is 0 Å². The van der Waals surface area contributed by atoms with Crippen LogP contribution in [-0.2, 0) is 13.2 Å². The van der Waals surface area contributed by atoms with Gasteiger partial charge in [0.05, 0.1) is 16.5 Å². The average Bonchev–Trinajstić information content (AvgIpc) is 2.79. The van der Waals surface area contributed by atoms with Gasteiger partial charge in [0.25, 0.3) is 5.69 Å². The Morgan fingerprint density at radius 2 is 1.73 bits per heavy atom. The Bertz CT molecular complexity index is 1050. The molecule has 0 unspecified atom stereocenters. The SMILES string of the molecule is COc1cc(CNCCNc2ccc([N+](=O)[O-])cc2)cc(Br)c1OCc1ccc(Cl)cc1.Cl. The van der Waals surface area contributed by atoms with Crippen LogP contribution < -0.4 is 20.1 Å². The van der Waals surface area contributed by atoms with Crippen LogP contribution in [0.5, 0.6) is 11.5 Å². The number of anilines is 1. The molecule has 0 atom stereocenters. The van der Waals surface area contributed by atoms with E-state index in [1.165, 1.54) is 12.1 Å². The minimum Gasteiger partial charge on any atom is -0.493 e. The summed E-state index contributed by atoms with van der Waals surface area (Å²) in [6.07, 6.45) is 0. The molecule has 0 saturated carbocycles. The zero-order valence-electron chi connectivity index (χ0n) is 17.8. The molecule has 0 aromatic heterocycles. The molecule has 0 spiro atoms. The third kappa shape index (κ3) is 8.08. The second-order valence-corrected chi connectivity index (χ2v) is 8.22. The zero-order valence-corrected chi connectivity index (χ0v) is 21.0. The Kier molecular flexibility index (Phi) is 10.7. The summed E-state index contributed by atoms with van der Waals surface area (Å²) in [4.78, 5) is 10.3. The van der Waals surface area contributed by atoms with Crippen molar-refractivity contribution >= 4 is 51.3 Å². The molecule has 2 N–H and O–H groups in total. The molecule has 0 radical (unpaired) electrons. The number of hydrogen-bond acceptors (Lipinski definition) is 6. The van der Waals surface area contributed by atoms with E-state index in [0.29, 0.717) is 42.8 Å². The molecule has 176 valence electrons. The Hall–Kier alpha value is -2.52. The first kappa shape index (κ1) is 26.7. The van der Waals surface area contributed by atoms with Crippen LogP contribution in [-0.4, -0.2) is 25.1 Å². The van der Waals surface area contributed by atoms with Crippen LogP contribution in [0.25, 0.3) is 0 Å². The lowest BCUT2D eigenvalue weighted by molar-refractivity contribution is -0.384. The van der Waals surface area contributed by atoms with Gasteiger partial charge in [-0.15, -0.1) is 12.4 Å². The van der Waals surface area contributed by atoms with Crippen molar-refractivity contribution in [1.29, 1.82) is 0 Å². The topological polar surface area (TPSA) is 85.7 Å². The van der Waals surface area contributed by atoms with E-state index in [1.807, 2.05) is 36.4 Å². The first-order valence-corrected chi connectivity index (χ1v) is 11.1. The van der Waals surface area contributed by atoms with Gasteiger partial charge < -0.3 is 20.1 Å². The second-order valence-electron chi connectivity index (χ2n) is 6.93. The zero-order chi connectivity index (χ0) is 22.9. The minimum absolute atomic E-state index is 0. The predicted octanol–water partition coefficient (Wildman–Crippen LogP) is 6.22. The van der Waals surface area contributed by atoms with Crippen molar-refractivity contribution in [3.05, 3.63) is 91.4 Å². The lowest BCUT2D eigenvalue weighted by Crippen LogP contribution is -2.21. The molecule has 3 aromatic carbocycles. The highest BCUT2D eigenvalue weighted by molar-refractivity contribution is 9.10. The smallest absolute Gasteiger partial charge is 0.269 e. The molecule has 0 heterocycles. The van der Waals surface area contributed by atoms with E-state index < -0.39 is 4.92 Å². The Balaban J connectivity index is 0.00000385. The van der Waals surface area contributed by atoms with Gasteiger partial charge in [0.1, 0.15) is 6.61 Å². The molecular weight excluding hydrogens is 533 g/mol. The molecular formula is C23H24BrCl2N3O4. The van der Waals surface area contributed by atoms with E-state index in [9.17, 15) is 10.1 Å². The molecule has 0 amide bonds. The minimum atomic E-state index is -0.411. The summed E-state index contributed by atoms with van der Waals surface area (Å²) in [6.45, 7) is 2.44. The van der Waals surface area contributed by atoms with Gasteiger partial charge in [-0.1, -0.05) is 23.7 Å². The summed E-state index contributed by atoms with van der Waals surface area (Å²) < 4.78 is 12.3. The first-order chi connectivity index (χ1) is 15.5. The molecule has 3 aromatic rings. The van der Waals surface area contributed by atoms with Gasteiger partial charge >= 0.3 is 0 Å². The van der Waals surface area contributed by atoms with E-state index in [0.717, 1.165) is 21.3 Å². The lowest BCUT2D eigenvalue weighted by Gasteiger charge is -2.15. The third-order valence-corrected chi connectivity index (χ3v) is 5.46. The normalized spacial score (nSPS) is 10.3. The molecule has 33 heavy (non-hydrogen) atoms. The number of hydrogen-bond donors (Lipinski definition) is 2. The molecule has 0 aliphatic carbocycles. The Morgan fingerprint density at radius 1 is 1.03 bits per heavy atom. The van der Waals surface area contributed by atoms with Gasteiger partial charge in [0.15, 0.2) is 11.5 Å². The number of benzene rings is 3. The van der Waals surface area contributed by atoms with E-state index >= 15 is 0 Å². The number of nitro groups is 1. The summed E-state index contributed by atoms with van der Waals surface area (Å²) in [5, 5.41) is 18.0. The van der Waals surface area contributed by atoms with Crippen LogP contribution in [0.1, 0.15) is 11.1 Å². The second kappa shape index (κ2) is 13.3. The van der Waals surface area contributed by atoms with Crippen LogP contribution in [0.3, 0.4) is 0 Å². The fourth-order valence-corrected chi connectivity index (χ4v) is 3.71. The molecule has 0 aliphatic heterocycles. The van der Waals surface area contributed by atoms with Crippen molar-refractivity contribution in [2.45, 2.75) is 13.2 Å². The van der Waals surface area contributed by atoms with Gasteiger partial charge in [-0.25, -0.2) is 0 Å². The highest BCUT2D eigenvalue weighted by Crippen LogP contribution is 2.37. The molecule has 0 fully saturated rings. The molecule has 10 heteroatoms. The fraction of sp³-hybridized carbons (Fsp3) is 0.217. The maximum atomic E-state index is 10.7. The number of nitrogens with zero attached hydrogens (tertiary/aromatic N) is 1. The van der Waals surface area contributed by atoms with E-state index in [-0.39, 0.29) is 18.1 Å². The van der Waals surface area contributed by atoms with Gasteiger partial charge in [0, 0.05) is 42.5 Å². The van der Waals surface area contributed by atoms with Crippen molar-refractivity contribution in [3.63, 3.8) is 0 Å². The number of methoxy groups -OCH3 is 1. The van der Waals surface area contributed by atoms with Crippen LogP contribution >= 0.6 is 39.9 Å². The molecule has 0 aliphatic rings. The van der Waals surface area contributed by atoms with E-state index in [2.05, 4.69) is 26.6 Å². The van der Waals surface area contributed by atoms with Crippen molar-refractivity contribution in [3.8, 4) is 11.5 Å². The number of nitrogens with one attached hydrogen (secondary N) is 2. The maximum absolute atomic E-state index is 10.7. The fourth-order valence-electron chi connectivity index (χ4n) is 2.98. The van der Waals surface area contributed by atoms with E-state index in [4.69, 9.17) is 21.1 Å². The van der Waals surface area contributed by atoms with Gasteiger partial charge in [-0.05, 0) is 63.5 Å². The highest BCUT2D eigenvalue weighted by atomic mass is 79.9. The summed E-state index contributed by atoms with van der Waals surface area (Å²) >= 11 is 9.51. The number of ether oxygens (including phenoxy) is 2. The molecule has 0 saturated heterocycles. The molecule has 7 nitrogen and oxygen atoms in total. The lowest BCUT2D eigenvalue weighted by atomic mass is 10.2. The standard InChI is InChI=1S/C23H23BrClN3O4.ClH/c1-31-22-13-17(12-21(24)23(22)32-15-16-2-4-18(25)5-3-16)14-26-10-11-27-19-6-8-20(9-7-19)28(29)30;/h2-9,12-13,26-27H,10-11,14-15H2,1H3;1H. The van der Waals surface area contributed by atoms with Crippen LogP contribution in [0.15, 0.2) is 65.1 Å². The van der Waals surface area contributed by atoms with Crippen molar-refractivity contribution in [2.75, 3.05) is 25.5 Å². The third-order valence-electron chi connectivity index (χ3n) is 4.62.